The lowest BCUT2D eigenvalue weighted by molar-refractivity contribution is -0.139. The molecule has 1 aliphatic rings. The number of methoxy groups -OCH3 is 1. The number of hydrogen-bond donors (Lipinski definition) is 2. The molecular weight excluding hydrogens is 707 g/mol. The van der Waals surface area contributed by atoms with Crippen LogP contribution in [0.3, 0.4) is 0 Å². The fourth-order valence-corrected chi connectivity index (χ4v) is 6.09. The molecule has 16 heteroatoms. The molecule has 1 amide bonds. The normalized spacial score (nSPS) is 14.7. The lowest BCUT2D eigenvalue weighted by atomic mass is 9.91. The molecule has 0 aliphatic carbocycles. The third-order valence-electron chi connectivity index (χ3n) is 8.64. The Bertz CT molecular complexity index is 1790. The molecule has 1 saturated heterocycles. The largest absolute Gasteiger partial charge is 0.496 e. The van der Waals surface area contributed by atoms with Gasteiger partial charge in [0, 0.05) is 29.9 Å². The smallest absolute Gasteiger partial charge is 0.417 e. The predicted molar refractivity (Wildman–Crippen MR) is 181 cm³/mol. The van der Waals surface area contributed by atoms with Crippen molar-refractivity contribution >= 4 is 25.4 Å². The maximum Gasteiger partial charge on any atom is 0.417 e. The minimum absolute atomic E-state index is 0. The number of amides is 1. The summed E-state index contributed by atoms with van der Waals surface area (Å²) < 4.78 is 106. The van der Waals surface area contributed by atoms with E-state index < -0.39 is 76.4 Å². The zero-order chi connectivity index (χ0) is 37.1. The van der Waals surface area contributed by atoms with Gasteiger partial charge in [0.2, 0.25) is 5.91 Å². The SMILES string of the molecule is COc1cccc(C(F)(F)F)c1-c1cc(C)c(F)c([C@H](CC(=O)O)NC(=O)C(CC(C)C)n2cc(CCN3CCC3)c(C(F)(F)F)cc2=O)c1.S. The van der Waals surface area contributed by atoms with E-state index in [0.29, 0.717) is 12.6 Å². The molecule has 0 spiro atoms. The first-order valence-electron chi connectivity index (χ1n) is 15.9. The van der Waals surface area contributed by atoms with E-state index in [4.69, 9.17) is 4.74 Å². The summed E-state index contributed by atoms with van der Waals surface area (Å²) in [6.45, 7) is 6.39. The van der Waals surface area contributed by atoms with E-state index in [0.717, 1.165) is 61.6 Å². The summed E-state index contributed by atoms with van der Waals surface area (Å²) in [5, 5.41) is 12.2. The fraction of sp³-hybridized carbons (Fsp3) is 0.457. The van der Waals surface area contributed by atoms with Crippen molar-refractivity contribution in [3.63, 3.8) is 0 Å². The van der Waals surface area contributed by atoms with Crippen LogP contribution >= 0.6 is 13.5 Å². The van der Waals surface area contributed by atoms with Crippen LogP contribution in [0.5, 0.6) is 5.75 Å². The van der Waals surface area contributed by atoms with Crippen LogP contribution in [-0.2, 0) is 28.4 Å². The first-order chi connectivity index (χ1) is 23.3. The molecule has 4 rings (SSSR count). The van der Waals surface area contributed by atoms with Gasteiger partial charge in [0.15, 0.2) is 0 Å². The van der Waals surface area contributed by atoms with E-state index in [2.05, 4.69) is 5.32 Å². The number of rotatable bonds is 13. The third kappa shape index (κ3) is 9.84. The number of nitrogens with one attached hydrogen (secondary N) is 1. The Balaban J connectivity index is 0.00000702. The number of pyridine rings is 1. The number of nitrogens with zero attached hydrogens (tertiary/aromatic N) is 2. The average molecular weight is 748 g/mol. The molecule has 1 aliphatic heterocycles. The summed E-state index contributed by atoms with van der Waals surface area (Å²) in [4.78, 5) is 41.1. The van der Waals surface area contributed by atoms with Crippen molar-refractivity contribution in [2.24, 2.45) is 5.92 Å². The van der Waals surface area contributed by atoms with Gasteiger partial charge in [-0.25, -0.2) is 4.39 Å². The van der Waals surface area contributed by atoms with Gasteiger partial charge in [0.25, 0.3) is 5.56 Å². The second-order valence-corrected chi connectivity index (χ2v) is 12.8. The van der Waals surface area contributed by atoms with Crippen LogP contribution in [0.4, 0.5) is 30.7 Å². The monoisotopic (exact) mass is 747 g/mol. The van der Waals surface area contributed by atoms with E-state index >= 15 is 4.39 Å². The van der Waals surface area contributed by atoms with Gasteiger partial charge in [-0.05, 0) is 86.1 Å². The molecule has 0 saturated carbocycles. The fourth-order valence-electron chi connectivity index (χ4n) is 6.09. The van der Waals surface area contributed by atoms with Gasteiger partial charge in [-0.1, -0.05) is 19.9 Å². The quantitative estimate of drug-likeness (QED) is 0.178. The number of aromatic nitrogens is 1. The van der Waals surface area contributed by atoms with Gasteiger partial charge in [-0.2, -0.15) is 39.8 Å². The van der Waals surface area contributed by atoms with E-state index in [9.17, 15) is 45.8 Å². The molecule has 2 aromatic carbocycles. The lowest BCUT2D eigenvalue weighted by Crippen LogP contribution is -2.41. The number of halogens is 7. The molecule has 0 bridgehead atoms. The number of hydrogen-bond acceptors (Lipinski definition) is 5. The number of carboxylic acids is 1. The third-order valence-corrected chi connectivity index (χ3v) is 8.64. The van der Waals surface area contributed by atoms with E-state index in [-0.39, 0.29) is 54.7 Å². The molecule has 1 aromatic heterocycles. The lowest BCUT2D eigenvalue weighted by Gasteiger charge is -2.31. The molecule has 0 radical (unpaired) electrons. The summed E-state index contributed by atoms with van der Waals surface area (Å²) in [6, 6.07) is 2.67. The maximum atomic E-state index is 15.8. The van der Waals surface area contributed by atoms with Gasteiger partial charge >= 0.3 is 18.3 Å². The molecule has 2 N–H and O–H groups in total. The van der Waals surface area contributed by atoms with Crippen LogP contribution in [0.1, 0.15) is 73.0 Å². The van der Waals surface area contributed by atoms with Crippen LogP contribution in [0.25, 0.3) is 11.1 Å². The summed E-state index contributed by atoms with van der Waals surface area (Å²) >= 11 is 0. The Hall–Kier alpha value is -4.05. The standard InChI is InChI=1S/C35H38F7N3O5.H2S/c1-19(2)13-27(45-18-21(9-12-44-10-6-11-44)25(16-29(45)46)35(40,41)42)33(49)43-26(17-30(47)48)23-15-22(14-20(3)32(23)36)31-24(34(37,38)39)7-5-8-28(31)50-4;/h5,7-8,14-16,18-19,26-27H,6,9-13,17H2,1-4H3,(H,43,49)(H,47,48);1H2/t26-,27?;/m0./s1. The Labute approximate surface area is 297 Å². The van der Waals surface area contributed by atoms with Crippen LogP contribution in [0.2, 0.25) is 0 Å². The highest BCUT2D eigenvalue weighted by molar-refractivity contribution is 7.59. The Morgan fingerprint density at radius 1 is 1.02 bits per heavy atom. The van der Waals surface area contributed by atoms with Crippen molar-refractivity contribution in [1.82, 2.24) is 14.8 Å². The zero-order valence-electron chi connectivity index (χ0n) is 28.3. The van der Waals surface area contributed by atoms with E-state index in [1.165, 1.54) is 13.0 Å². The molecule has 1 unspecified atom stereocenters. The Morgan fingerprint density at radius 3 is 2.20 bits per heavy atom. The van der Waals surface area contributed by atoms with Crippen molar-refractivity contribution in [3.05, 3.63) is 86.6 Å². The Kier molecular flexibility index (Phi) is 13.4. The molecule has 1 fully saturated rings. The first kappa shape index (κ1) is 41.4. The van der Waals surface area contributed by atoms with Crippen molar-refractivity contribution in [2.75, 3.05) is 26.7 Å². The molecular formula is C35H40F7N3O5S. The highest BCUT2D eigenvalue weighted by Crippen LogP contribution is 2.43. The Morgan fingerprint density at radius 2 is 1.67 bits per heavy atom. The van der Waals surface area contributed by atoms with Crippen LogP contribution < -0.4 is 15.6 Å². The molecule has 8 nitrogen and oxygen atoms in total. The first-order valence-corrected chi connectivity index (χ1v) is 15.9. The minimum Gasteiger partial charge on any atom is -0.496 e. The summed E-state index contributed by atoms with van der Waals surface area (Å²) in [7, 11) is 1.15. The predicted octanol–water partition coefficient (Wildman–Crippen LogP) is 7.29. The maximum absolute atomic E-state index is 15.8. The van der Waals surface area contributed by atoms with Crippen LogP contribution in [0, 0.1) is 18.7 Å². The second kappa shape index (κ2) is 16.5. The van der Waals surface area contributed by atoms with Crippen molar-refractivity contribution < 1.29 is 50.2 Å². The molecule has 3 aromatic rings. The molecule has 51 heavy (non-hydrogen) atoms. The summed E-state index contributed by atoms with van der Waals surface area (Å²) in [6.07, 6.45) is -8.85. The second-order valence-electron chi connectivity index (χ2n) is 12.8. The number of likely N-dealkylation sites (tertiary alicyclic amines) is 1. The zero-order valence-corrected chi connectivity index (χ0v) is 29.3. The summed E-state index contributed by atoms with van der Waals surface area (Å²) in [5.74, 6) is -3.97. The van der Waals surface area contributed by atoms with E-state index in [1.807, 2.05) is 4.90 Å². The summed E-state index contributed by atoms with van der Waals surface area (Å²) in [5.41, 5.74) is -4.78. The molecule has 2 heterocycles. The highest BCUT2D eigenvalue weighted by atomic mass is 32.1. The number of benzene rings is 2. The molecule has 2 atom stereocenters. The number of ether oxygens (including phenoxy) is 1. The number of alkyl halides is 6. The number of aliphatic carboxylic acids is 1. The minimum atomic E-state index is -4.85. The number of carbonyl (C=O) groups is 2. The van der Waals surface area contributed by atoms with Crippen molar-refractivity contribution in [3.8, 4) is 16.9 Å². The number of aryl methyl sites for hydroxylation is 1. The number of carboxylic acid groups (broad SMARTS) is 1. The topological polar surface area (TPSA) is 101 Å². The van der Waals surface area contributed by atoms with Crippen molar-refractivity contribution in [2.45, 2.75) is 70.9 Å². The number of carbonyl (C=O) groups excluding carboxylic acids is 1. The average Bonchev–Trinajstić information content (AvgIpc) is 2.99. The van der Waals surface area contributed by atoms with Gasteiger partial charge in [0.1, 0.15) is 17.6 Å². The van der Waals surface area contributed by atoms with Gasteiger partial charge in [-0.3, -0.25) is 14.4 Å². The van der Waals surface area contributed by atoms with E-state index in [1.54, 1.807) is 13.8 Å². The van der Waals surface area contributed by atoms with Crippen molar-refractivity contribution in [1.29, 1.82) is 0 Å². The van der Waals surface area contributed by atoms with Crippen LogP contribution in [-0.4, -0.2) is 53.2 Å². The van der Waals surface area contributed by atoms with Crippen LogP contribution in [0.15, 0.2) is 47.4 Å². The van der Waals surface area contributed by atoms with Gasteiger partial charge in [0.05, 0.1) is 30.7 Å². The highest BCUT2D eigenvalue weighted by Gasteiger charge is 2.38. The van der Waals surface area contributed by atoms with Gasteiger partial charge in [-0.15, -0.1) is 0 Å². The molecule has 280 valence electrons. The van der Waals surface area contributed by atoms with Gasteiger partial charge < -0.3 is 24.6 Å².